The summed E-state index contributed by atoms with van der Waals surface area (Å²) in [6.45, 7) is 0.288. The van der Waals surface area contributed by atoms with E-state index in [4.69, 9.17) is 10.00 Å². The minimum Gasteiger partial charge on any atom is -0.486 e. The van der Waals surface area contributed by atoms with Crippen LogP contribution in [0.25, 0.3) is 0 Å². The monoisotopic (exact) mass is 305 g/mol. The van der Waals surface area contributed by atoms with E-state index in [2.05, 4.69) is 15.9 Å². The minimum absolute atomic E-state index is 0.129. The van der Waals surface area contributed by atoms with Crippen molar-refractivity contribution in [1.29, 1.82) is 5.26 Å². The van der Waals surface area contributed by atoms with Crippen LogP contribution in [0.5, 0.6) is 5.75 Å². The standard InChI is InChI=1S/C14H9BrFNO/c15-13-11(8-17)6-7-12(14(13)16)18-9-10-4-2-1-3-5-10/h1-7H,9H2. The van der Waals surface area contributed by atoms with Crippen LogP contribution in [0.3, 0.4) is 0 Å². The summed E-state index contributed by atoms with van der Waals surface area (Å²) in [7, 11) is 0. The highest BCUT2D eigenvalue weighted by atomic mass is 79.9. The van der Waals surface area contributed by atoms with Gasteiger partial charge in [-0.3, -0.25) is 0 Å². The van der Waals surface area contributed by atoms with E-state index < -0.39 is 5.82 Å². The molecule has 0 amide bonds. The van der Waals surface area contributed by atoms with Crippen molar-refractivity contribution in [2.24, 2.45) is 0 Å². The van der Waals surface area contributed by atoms with Gasteiger partial charge in [-0.1, -0.05) is 30.3 Å². The van der Waals surface area contributed by atoms with Crippen LogP contribution < -0.4 is 4.74 Å². The molecule has 0 heterocycles. The van der Waals surface area contributed by atoms with Crippen LogP contribution in [0.1, 0.15) is 11.1 Å². The molecule has 0 atom stereocenters. The zero-order valence-corrected chi connectivity index (χ0v) is 10.9. The predicted molar refractivity (Wildman–Crippen MR) is 69.6 cm³/mol. The van der Waals surface area contributed by atoms with Crippen molar-refractivity contribution in [3.8, 4) is 11.8 Å². The van der Waals surface area contributed by atoms with Gasteiger partial charge in [0.1, 0.15) is 12.7 Å². The average molecular weight is 306 g/mol. The Morgan fingerprint density at radius 3 is 2.56 bits per heavy atom. The number of hydrogen-bond acceptors (Lipinski definition) is 2. The Hall–Kier alpha value is -1.86. The van der Waals surface area contributed by atoms with Gasteiger partial charge in [-0.25, -0.2) is 4.39 Å². The molecule has 0 spiro atoms. The Bertz CT molecular complexity index is 593. The average Bonchev–Trinajstić information content (AvgIpc) is 2.42. The van der Waals surface area contributed by atoms with E-state index >= 15 is 0 Å². The normalized spacial score (nSPS) is 9.83. The lowest BCUT2D eigenvalue weighted by Crippen LogP contribution is -1.98. The molecule has 2 aromatic rings. The Morgan fingerprint density at radius 2 is 1.89 bits per heavy atom. The third-order valence-electron chi connectivity index (χ3n) is 2.40. The molecule has 0 radical (unpaired) electrons. The highest BCUT2D eigenvalue weighted by molar-refractivity contribution is 9.10. The number of benzene rings is 2. The van der Waals surface area contributed by atoms with Crippen LogP contribution in [0.15, 0.2) is 46.9 Å². The fraction of sp³-hybridized carbons (Fsp3) is 0.0714. The van der Waals surface area contributed by atoms with E-state index in [1.165, 1.54) is 12.1 Å². The molecule has 0 aliphatic carbocycles. The number of ether oxygens (including phenoxy) is 1. The van der Waals surface area contributed by atoms with Gasteiger partial charge in [0.25, 0.3) is 0 Å². The van der Waals surface area contributed by atoms with Crippen molar-refractivity contribution in [1.82, 2.24) is 0 Å². The van der Waals surface area contributed by atoms with E-state index in [-0.39, 0.29) is 22.4 Å². The maximum Gasteiger partial charge on any atom is 0.180 e. The molecular weight excluding hydrogens is 297 g/mol. The van der Waals surface area contributed by atoms with E-state index in [0.29, 0.717) is 0 Å². The van der Waals surface area contributed by atoms with Crippen LogP contribution in [0, 0.1) is 17.1 Å². The molecule has 0 aliphatic rings. The number of nitrogens with zero attached hydrogens (tertiary/aromatic N) is 1. The van der Waals surface area contributed by atoms with Crippen molar-refractivity contribution in [3.63, 3.8) is 0 Å². The molecule has 0 aromatic heterocycles. The Morgan fingerprint density at radius 1 is 1.17 bits per heavy atom. The number of rotatable bonds is 3. The van der Waals surface area contributed by atoms with Gasteiger partial charge in [0.2, 0.25) is 0 Å². The Balaban J connectivity index is 2.16. The predicted octanol–water partition coefficient (Wildman–Crippen LogP) is 4.04. The first kappa shape index (κ1) is 12.6. The first-order valence-corrected chi connectivity index (χ1v) is 6.06. The zero-order chi connectivity index (χ0) is 13.0. The Labute approximate surface area is 113 Å². The van der Waals surface area contributed by atoms with Crippen molar-refractivity contribution < 1.29 is 9.13 Å². The highest BCUT2D eigenvalue weighted by Crippen LogP contribution is 2.28. The fourth-order valence-electron chi connectivity index (χ4n) is 1.46. The van der Waals surface area contributed by atoms with Crippen molar-refractivity contribution in [2.45, 2.75) is 6.61 Å². The van der Waals surface area contributed by atoms with E-state index in [1.807, 2.05) is 36.4 Å². The molecule has 0 unspecified atom stereocenters. The molecule has 0 N–H and O–H groups in total. The lowest BCUT2D eigenvalue weighted by molar-refractivity contribution is 0.289. The molecule has 0 aliphatic heterocycles. The van der Waals surface area contributed by atoms with Crippen LogP contribution in [-0.2, 0) is 6.61 Å². The number of hydrogen-bond donors (Lipinski definition) is 0. The van der Waals surface area contributed by atoms with Gasteiger partial charge in [0.15, 0.2) is 11.6 Å². The van der Waals surface area contributed by atoms with Gasteiger partial charge < -0.3 is 4.74 Å². The van der Waals surface area contributed by atoms with E-state index in [1.54, 1.807) is 0 Å². The molecule has 2 rings (SSSR count). The second kappa shape index (κ2) is 5.65. The largest absolute Gasteiger partial charge is 0.486 e. The quantitative estimate of drug-likeness (QED) is 0.857. The summed E-state index contributed by atoms with van der Waals surface area (Å²) in [5.41, 5.74) is 1.21. The van der Waals surface area contributed by atoms with E-state index in [0.717, 1.165) is 5.56 Å². The molecule has 4 heteroatoms. The molecule has 0 bridgehead atoms. The first-order valence-electron chi connectivity index (χ1n) is 5.27. The second-order valence-corrected chi connectivity index (χ2v) is 4.42. The summed E-state index contributed by atoms with van der Waals surface area (Å²) in [5, 5.41) is 8.75. The Kier molecular flexibility index (Phi) is 3.96. The third kappa shape index (κ3) is 2.69. The van der Waals surface area contributed by atoms with Crippen molar-refractivity contribution >= 4 is 15.9 Å². The minimum atomic E-state index is -0.551. The second-order valence-electron chi connectivity index (χ2n) is 3.63. The fourth-order valence-corrected chi connectivity index (χ4v) is 1.88. The summed E-state index contributed by atoms with van der Waals surface area (Å²) in [6.07, 6.45) is 0. The number of nitriles is 1. The molecule has 0 fully saturated rings. The van der Waals surface area contributed by atoms with Gasteiger partial charge in [-0.05, 0) is 33.6 Å². The first-order chi connectivity index (χ1) is 8.72. The van der Waals surface area contributed by atoms with Gasteiger partial charge in [-0.15, -0.1) is 0 Å². The maximum atomic E-state index is 13.8. The SMILES string of the molecule is N#Cc1ccc(OCc2ccccc2)c(F)c1Br. The van der Waals surface area contributed by atoms with Crippen molar-refractivity contribution in [3.05, 3.63) is 63.9 Å². The summed E-state index contributed by atoms with van der Waals surface area (Å²) in [5.74, 6) is -0.422. The van der Waals surface area contributed by atoms with Crippen LogP contribution in [0.2, 0.25) is 0 Å². The summed E-state index contributed by atoms with van der Waals surface area (Å²) in [6, 6.07) is 14.4. The van der Waals surface area contributed by atoms with Gasteiger partial charge in [0, 0.05) is 0 Å². The molecule has 2 aromatic carbocycles. The zero-order valence-electron chi connectivity index (χ0n) is 9.36. The molecular formula is C14H9BrFNO. The summed E-state index contributed by atoms with van der Waals surface area (Å²) >= 11 is 3.04. The smallest absolute Gasteiger partial charge is 0.180 e. The lowest BCUT2D eigenvalue weighted by atomic mass is 10.2. The molecule has 2 nitrogen and oxygen atoms in total. The molecule has 0 saturated carbocycles. The third-order valence-corrected chi connectivity index (χ3v) is 3.18. The topological polar surface area (TPSA) is 33.0 Å². The van der Waals surface area contributed by atoms with Gasteiger partial charge >= 0.3 is 0 Å². The number of halogens is 2. The molecule has 90 valence electrons. The van der Waals surface area contributed by atoms with Crippen LogP contribution >= 0.6 is 15.9 Å². The van der Waals surface area contributed by atoms with E-state index in [9.17, 15) is 4.39 Å². The van der Waals surface area contributed by atoms with Crippen molar-refractivity contribution in [2.75, 3.05) is 0 Å². The van der Waals surface area contributed by atoms with Crippen LogP contribution in [0.4, 0.5) is 4.39 Å². The maximum absolute atomic E-state index is 13.8. The van der Waals surface area contributed by atoms with Crippen LogP contribution in [-0.4, -0.2) is 0 Å². The summed E-state index contributed by atoms with van der Waals surface area (Å²) in [4.78, 5) is 0. The molecule has 0 saturated heterocycles. The highest BCUT2D eigenvalue weighted by Gasteiger charge is 2.12. The lowest BCUT2D eigenvalue weighted by Gasteiger charge is -2.08. The summed E-state index contributed by atoms with van der Waals surface area (Å²) < 4.78 is 19.4. The van der Waals surface area contributed by atoms with Gasteiger partial charge in [-0.2, -0.15) is 5.26 Å². The molecule has 18 heavy (non-hydrogen) atoms. The van der Waals surface area contributed by atoms with Gasteiger partial charge in [0.05, 0.1) is 10.0 Å².